The third-order valence-electron chi connectivity index (χ3n) is 16.5. The van der Waals surface area contributed by atoms with Crippen LogP contribution in [-0.4, -0.2) is 129 Å². The topological polar surface area (TPSA) is 229 Å². The number of aromatic hydroxyl groups is 2. The largest absolute Gasteiger partial charge is 0.507 e. The van der Waals surface area contributed by atoms with Gasteiger partial charge in [0.1, 0.15) is 35.1 Å². The van der Waals surface area contributed by atoms with E-state index in [-0.39, 0.29) is 55.5 Å². The maximum atomic E-state index is 15.0. The SMILES string of the molecule is CO[C@H]1/C=C/O[C@@]2(C)Oc3c(C)c(O)c4c(O)c(c5c(c4c3C2=O)=NC2(CCN(CC(C)C)CC2)N=5)NC(=O)/C(C)=C\C=C\[C@H](C)[C@H](O)[C@@H](C)[C@@H](O)[C@@H](C)[C@H](OC(=O)CC(=O)N2CCC(Cc3ccccc3)CC2)[C@@H]1C. The Bertz CT molecular complexity index is 2920. The Kier molecular flexibility index (Phi) is 16.8. The number of benzene rings is 3. The molecule has 410 valence electrons. The van der Waals surface area contributed by atoms with E-state index < -0.39 is 95.1 Å². The molecule has 9 rings (SSSR count). The molecule has 17 heteroatoms. The zero-order valence-electron chi connectivity index (χ0n) is 45.7. The lowest BCUT2D eigenvalue weighted by Crippen LogP contribution is -2.47. The van der Waals surface area contributed by atoms with E-state index in [9.17, 15) is 39.6 Å². The number of anilines is 1. The van der Waals surface area contributed by atoms with Crippen LogP contribution in [0.5, 0.6) is 17.2 Å². The van der Waals surface area contributed by atoms with E-state index in [0.29, 0.717) is 50.9 Å². The zero-order chi connectivity index (χ0) is 55.0. The summed E-state index contributed by atoms with van der Waals surface area (Å²) in [5.41, 5.74) is 0.561. The molecule has 2 amide bonds. The maximum absolute atomic E-state index is 15.0. The van der Waals surface area contributed by atoms with Crippen molar-refractivity contribution in [2.75, 3.05) is 45.2 Å². The summed E-state index contributed by atoms with van der Waals surface area (Å²) in [5.74, 6) is -7.24. The molecule has 0 radical (unpaired) electrons. The first-order valence-electron chi connectivity index (χ1n) is 27.0. The summed E-state index contributed by atoms with van der Waals surface area (Å²) in [6.07, 6.45) is 6.44. The molecule has 3 aromatic carbocycles. The van der Waals surface area contributed by atoms with Crippen LogP contribution >= 0.6 is 0 Å². The number of carbonyl (C=O) groups is 4. The van der Waals surface area contributed by atoms with Crippen molar-refractivity contribution in [3.63, 3.8) is 0 Å². The van der Waals surface area contributed by atoms with E-state index in [1.165, 1.54) is 31.9 Å². The van der Waals surface area contributed by atoms with Gasteiger partial charge in [0.05, 0.1) is 40.9 Å². The highest BCUT2D eigenvalue weighted by atomic mass is 16.7. The number of allylic oxidation sites excluding steroid dienone is 2. The van der Waals surface area contributed by atoms with Crippen molar-refractivity contribution in [2.45, 2.75) is 137 Å². The van der Waals surface area contributed by atoms with Gasteiger partial charge in [0.2, 0.25) is 5.91 Å². The van der Waals surface area contributed by atoms with Gasteiger partial charge in [-0.1, -0.05) is 90.1 Å². The van der Waals surface area contributed by atoms with Gasteiger partial charge >= 0.3 is 11.8 Å². The van der Waals surface area contributed by atoms with Gasteiger partial charge < -0.3 is 54.5 Å². The number of likely N-dealkylation sites (tertiary alicyclic amines) is 2. The van der Waals surface area contributed by atoms with Crippen LogP contribution in [0.25, 0.3) is 10.8 Å². The van der Waals surface area contributed by atoms with Gasteiger partial charge in [-0.25, -0.2) is 0 Å². The number of methoxy groups -OCH3 is 1. The van der Waals surface area contributed by atoms with Crippen molar-refractivity contribution in [1.29, 1.82) is 0 Å². The number of rotatable bonds is 8. The van der Waals surface area contributed by atoms with Crippen LogP contribution in [0, 0.1) is 42.4 Å². The number of aliphatic hydroxyl groups is 2. The minimum Gasteiger partial charge on any atom is -0.507 e. The molecule has 9 atom stereocenters. The fraction of sp³-hybridized carbons (Fsp3) is 0.559. The molecule has 0 unspecified atom stereocenters. The third-order valence-corrected chi connectivity index (χ3v) is 16.5. The Morgan fingerprint density at radius 1 is 0.882 bits per heavy atom. The van der Waals surface area contributed by atoms with Gasteiger partial charge in [-0.15, -0.1) is 0 Å². The van der Waals surface area contributed by atoms with E-state index in [2.05, 4.69) is 36.2 Å². The average Bonchev–Trinajstić information content (AvgIpc) is 3.90. The number of piperidine rings is 2. The van der Waals surface area contributed by atoms with Gasteiger partial charge in [-0.2, -0.15) is 0 Å². The molecule has 6 aliphatic heterocycles. The molecule has 5 N–H and O–H groups in total. The summed E-state index contributed by atoms with van der Waals surface area (Å²) in [5, 5.41) is 51.1. The Balaban J connectivity index is 1.14. The summed E-state index contributed by atoms with van der Waals surface area (Å²) in [6, 6.07) is 10.2. The number of aliphatic hydroxyl groups excluding tert-OH is 2. The molecule has 2 fully saturated rings. The van der Waals surface area contributed by atoms with E-state index in [1.807, 2.05) is 18.2 Å². The van der Waals surface area contributed by atoms with Crippen LogP contribution in [0.1, 0.15) is 109 Å². The van der Waals surface area contributed by atoms with Gasteiger partial charge in [0.15, 0.2) is 11.4 Å². The number of amides is 2. The normalized spacial score (nSPS) is 30.0. The lowest BCUT2D eigenvalue weighted by atomic mass is 9.78. The fourth-order valence-corrected chi connectivity index (χ4v) is 11.8. The highest BCUT2D eigenvalue weighted by Gasteiger charge is 2.50. The molecule has 6 aliphatic rings. The van der Waals surface area contributed by atoms with Gasteiger partial charge in [-0.3, -0.25) is 29.2 Å². The predicted octanol–water partition coefficient (Wildman–Crippen LogP) is 6.60. The Hall–Kier alpha value is -6.14. The van der Waals surface area contributed by atoms with E-state index in [4.69, 9.17) is 28.9 Å². The molecule has 76 heavy (non-hydrogen) atoms. The standard InChI is InChI=1S/C59H77N5O12/c1-32(2)31-63-26-22-59(23-27-63)61-47-44-45-52(69)38(8)55-46(44)56(71)58(9,76-55)74-28-21-41(73-10)35(5)54(75-43(66)30-42(65)64-24-19-40(20-25-64)29-39-17-12-11-13-18-39)37(7)51(68)36(6)50(67)33(3)15-14-16-34(4)57(72)60-49(53(45)70)48(47)62-59/h11-18,21,28,32-33,35-37,40-41,50-51,54,67-70H,19-20,22-27,29-31H2,1-10H3,(H,60,72)/b15-14+,28-21+,34-16-/t33-,35+,36+,37+,41-,50-,51+,54+,58-/m0/s1. The maximum Gasteiger partial charge on any atom is 0.315 e. The first-order valence-corrected chi connectivity index (χ1v) is 27.0. The summed E-state index contributed by atoms with van der Waals surface area (Å²) >= 11 is 0. The number of phenols is 2. The molecular formula is C59H77N5O12. The number of phenolic OH excluding ortho intramolecular Hbond substituents is 2. The molecule has 0 aliphatic carbocycles. The lowest BCUT2D eigenvalue weighted by Gasteiger charge is -2.38. The molecule has 0 saturated carbocycles. The number of hydrogen-bond acceptors (Lipinski definition) is 15. The molecule has 17 nitrogen and oxygen atoms in total. The Labute approximate surface area is 445 Å². The van der Waals surface area contributed by atoms with Gasteiger partial charge in [0, 0.05) is 99.8 Å². The second kappa shape index (κ2) is 22.8. The van der Waals surface area contributed by atoms with Gasteiger partial charge in [0.25, 0.3) is 11.7 Å². The number of nitrogens with zero attached hydrogens (tertiary/aromatic N) is 4. The fourth-order valence-electron chi connectivity index (χ4n) is 11.8. The smallest absolute Gasteiger partial charge is 0.315 e. The van der Waals surface area contributed by atoms with Gasteiger partial charge in [-0.05, 0) is 56.6 Å². The molecule has 1 spiro atoms. The lowest BCUT2D eigenvalue weighted by molar-refractivity contribution is -0.165. The molecule has 6 heterocycles. The summed E-state index contributed by atoms with van der Waals surface area (Å²) in [4.78, 5) is 71.0. The molecule has 0 aromatic heterocycles. The van der Waals surface area contributed by atoms with Crippen LogP contribution < -0.4 is 20.8 Å². The van der Waals surface area contributed by atoms with Crippen LogP contribution in [0.2, 0.25) is 0 Å². The summed E-state index contributed by atoms with van der Waals surface area (Å²) in [7, 11) is 1.45. The number of hydrogen-bond donors (Lipinski definition) is 5. The number of nitrogens with one attached hydrogen (secondary N) is 1. The molecule has 3 aromatic rings. The third kappa shape index (κ3) is 11.3. The van der Waals surface area contributed by atoms with Crippen molar-refractivity contribution in [3.05, 3.63) is 93.9 Å². The van der Waals surface area contributed by atoms with E-state index >= 15 is 0 Å². The highest BCUT2D eigenvalue weighted by molar-refractivity contribution is 6.19. The number of fused-ring (bicyclic) bond motifs is 13. The molecular weight excluding hydrogens is 971 g/mol. The predicted molar refractivity (Wildman–Crippen MR) is 286 cm³/mol. The first kappa shape index (κ1) is 56.1. The number of ether oxygens (including phenoxy) is 4. The van der Waals surface area contributed by atoms with Crippen molar-refractivity contribution < 1.29 is 58.6 Å². The number of ketones is 1. The zero-order valence-corrected chi connectivity index (χ0v) is 45.7. The minimum absolute atomic E-state index is 0.0116. The number of carbonyl (C=O) groups excluding carboxylic acids is 4. The quantitative estimate of drug-likeness (QED) is 0.0911. The number of esters is 1. The van der Waals surface area contributed by atoms with Crippen LogP contribution in [0.3, 0.4) is 0 Å². The summed E-state index contributed by atoms with van der Waals surface area (Å²) in [6.45, 7) is 19.1. The van der Waals surface area contributed by atoms with E-state index in [1.54, 1.807) is 64.7 Å². The second-order valence-corrected chi connectivity index (χ2v) is 22.5. The van der Waals surface area contributed by atoms with Crippen molar-refractivity contribution in [2.24, 2.45) is 45.5 Å². The summed E-state index contributed by atoms with van der Waals surface area (Å²) < 4.78 is 24.7. The van der Waals surface area contributed by atoms with E-state index in [0.717, 1.165) is 25.8 Å². The van der Waals surface area contributed by atoms with Crippen molar-refractivity contribution >= 4 is 40.0 Å². The second-order valence-electron chi connectivity index (χ2n) is 22.5. The minimum atomic E-state index is -2.02. The molecule has 5 bridgehead atoms. The Morgan fingerprint density at radius 2 is 1.55 bits per heavy atom. The first-order chi connectivity index (χ1) is 36.1. The van der Waals surface area contributed by atoms with Crippen molar-refractivity contribution in [1.82, 2.24) is 9.80 Å². The van der Waals surface area contributed by atoms with Crippen LogP contribution in [-0.2, 0) is 35.0 Å². The average molecular weight is 1050 g/mol. The Morgan fingerprint density at radius 3 is 2.21 bits per heavy atom. The van der Waals surface area contributed by atoms with Crippen molar-refractivity contribution in [3.8, 4) is 17.2 Å². The van der Waals surface area contributed by atoms with Crippen LogP contribution in [0.15, 0.2) is 76.5 Å². The molecule has 2 saturated heterocycles. The highest BCUT2D eigenvalue weighted by Crippen LogP contribution is 2.50. The number of Topliss-reactive ketones (excluding diaryl/α,β-unsaturated/α-hetero) is 1. The monoisotopic (exact) mass is 1050 g/mol. The van der Waals surface area contributed by atoms with Crippen LogP contribution in [0.4, 0.5) is 5.69 Å².